The first-order valence-corrected chi connectivity index (χ1v) is 8.48. The molecule has 0 radical (unpaired) electrons. The van der Waals surface area contributed by atoms with Crippen LogP contribution in [0.5, 0.6) is 11.5 Å². The van der Waals surface area contributed by atoms with Crippen LogP contribution < -0.4 is 14.8 Å². The molecular weight excluding hydrogens is 318 g/mol. The van der Waals surface area contributed by atoms with E-state index in [9.17, 15) is 10.1 Å². The minimum atomic E-state index is -0.438. The first-order valence-electron chi connectivity index (χ1n) is 8.48. The Hall–Kier alpha value is -2.68. The quantitative estimate of drug-likeness (QED) is 0.518. The highest BCUT2D eigenvalue weighted by Gasteiger charge is 2.13. The number of rotatable bonds is 10. The van der Waals surface area contributed by atoms with Crippen LogP contribution in [0, 0.1) is 11.3 Å². The number of hydrogen-bond donors (Lipinski definition) is 1. The number of nitrogens with zero attached hydrogens (tertiary/aromatic N) is 2. The topological polar surface area (TPSA) is 74.6 Å². The molecule has 1 amide bonds. The van der Waals surface area contributed by atoms with E-state index in [0.29, 0.717) is 17.2 Å². The van der Waals surface area contributed by atoms with Gasteiger partial charge in [-0.2, -0.15) is 5.26 Å². The van der Waals surface area contributed by atoms with Crippen molar-refractivity contribution in [3.05, 3.63) is 30.0 Å². The number of benzene rings is 1. The van der Waals surface area contributed by atoms with Crippen molar-refractivity contribution < 1.29 is 14.3 Å². The molecule has 0 bridgehead atoms. The third kappa shape index (κ3) is 6.38. The Labute approximate surface area is 150 Å². The van der Waals surface area contributed by atoms with Gasteiger partial charge in [-0.25, -0.2) is 0 Å². The van der Waals surface area contributed by atoms with E-state index in [1.165, 1.54) is 7.11 Å². The van der Waals surface area contributed by atoms with Gasteiger partial charge < -0.3 is 19.7 Å². The number of amides is 1. The molecule has 1 rings (SSSR count). The van der Waals surface area contributed by atoms with Crippen molar-refractivity contribution in [1.82, 2.24) is 4.90 Å². The highest BCUT2D eigenvalue weighted by Crippen LogP contribution is 2.29. The van der Waals surface area contributed by atoms with Crippen molar-refractivity contribution in [1.29, 1.82) is 5.26 Å². The lowest BCUT2D eigenvalue weighted by Gasteiger charge is -2.19. The molecule has 6 nitrogen and oxygen atoms in total. The number of nitrogens with one attached hydrogen (secondary N) is 1. The number of unbranched alkanes of at least 4 members (excludes halogenated alkanes) is 1. The van der Waals surface area contributed by atoms with Gasteiger partial charge in [0.25, 0.3) is 5.91 Å². The van der Waals surface area contributed by atoms with Crippen LogP contribution in [-0.4, -0.2) is 38.1 Å². The second-order valence-electron chi connectivity index (χ2n) is 5.57. The molecule has 0 atom stereocenters. The molecule has 0 aliphatic heterocycles. The first kappa shape index (κ1) is 20.4. The summed E-state index contributed by atoms with van der Waals surface area (Å²) in [6.45, 7) is 5.83. The average Bonchev–Trinajstić information content (AvgIpc) is 2.63. The predicted octanol–water partition coefficient (Wildman–Crippen LogP) is 3.56. The Kier molecular flexibility index (Phi) is 8.94. The van der Waals surface area contributed by atoms with E-state index in [1.807, 2.05) is 11.0 Å². The van der Waals surface area contributed by atoms with Gasteiger partial charge in [0.1, 0.15) is 11.6 Å². The van der Waals surface area contributed by atoms with Gasteiger partial charge in [-0.15, -0.1) is 0 Å². The molecule has 0 fully saturated rings. The highest BCUT2D eigenvalue weighted by atomic mass is 16.5. The van der Waals surface area contributed by atoms with Crippen molar-refractivity contribution >= 4 is 11.6 Å². The molecule has 0 aliphatic rings. The zero-order valence-electron chi connectivity index (χ0n) is 15.5. The summed E-state index contributed by atoms with van der Waals surface area (Å²) in [5.74, 6) is 0.649. The van der Waals surface area contributed by atoms with Crippen LogP contribution in [0.4, 0.5) is 5.69 Å². The summed E-state index contributed by atoms with van der Waals surface area (Å²) in [6.07, 6.45) is 4.69. The average molecular weight is 345 g/mol. The van der Waals surface area contributed by atoms with Crippen LogP contribution >= 0.6 is 0 Å². The molecule has 0 aliphatic carbocycles. The number of anilines is 1. The minimum absolute atomic E-state index is 0.0827. The maximum atomic E-state index is 12.4. The van der Waals surface area contributed by atoms with Crippen molar-refractivity contribution in [2.75, 3.05) is 32.6 Å². The van der Waals surface area contributed by atoms with Gasteiger partial charge in [0.15, 0.2) is 11.5 Å². The van der Waals surface area contributed by atoms with E-state index in [0.717, 1.165) is 32.4 Å². The fourth-order valence-corrected chi connectivity index (χ4v) is 2.32. The molecular formula is C19H27N3O3. The molecule has 1 aromatic carbocycles. The molecule has 6 heteroatoms. The van der Waals surface area contributed by atoms with E-state index < -0.39 is 5.91 Å². The zero-order valence-corrected chi connectivity index (χ0v) is 15.5. The molecule has 1 N–H and O–H groups in total. The summed E-state index contributed by atoms with van der Waals surface area (Å²) in [4.78, 5) is 14.4. The standard InChI is InChI=1S/C19H27N3O3/c1-5-7-11-22(10-6-2)14-15(13-20)19(23)21-16-8-9-17(24-3)18(12-16)25-4/h8-9,12,14H,5-7,10-11H2,1-4H3,(H,21,23)/b15-14-. The maximum absolute atomic E-state index is 12.4. The molecule has 136 valence electrons. The number of carbonyl (C=O) groups is 1. The van der Waals surface area contributed by atoms with Crippen LogP contribution in [0.1, 0.15) is 33.1 Å². The molecule has 0 aromatic heterocycles. The van der Waals surface area contributed by atoms with Crippen molar-refractivity contribution in [3.63, 3.8) is 0 Å². The molecule has 1 aromatic rings. The van der Waals surface area contributed by atoms with Crippen LogP contribution in [0.15, 0.2) is 30.0 Å². The lowest BCUT2D eigenvalue weighted by atomic mass is 10.2. The van der Waals surface area contributed by atoms with Crippen molar-refractivity contribution in [2.45, 2.75) is 33.1 Å². The first-order chi connectivity index (χ1) is 12.1. The van der Waals surface area contributed by atoms with Crippen molar-refractivity contribution in [3.8, 4) is 17.6 Å². The maximum Gasteiger partial charge on any atom is 0.267 e. The van der Waals surface area contributed by atoms with Gasteiger partial charge in [0.2, 0.25) is 0 Å². The van der Waals surface area contributed by atoms with Gasteiger partial charge in [-0.1, -0.05) is 20.3 Å². The summed E-state index contributed by atoms with van der Waals surface area (Å²) in [5.41, 5.74) is 0.624. The Morgan fingerprint density at radius 2 is 1.92 bits per heavy atom. The number of carbonyl (C=O) groups excluding carboxylic acids is 1. The summed E-state index contributed by atoms with van der Waals surface area (Å²) in [6, 6.07) is 7.06. The Morgan fingerprint density at radius 3 is 2.48 bits per heavy atom. The monoisotopic (exact) mass is 345 g/mol. The molecule has 25 heavy (non-hydrogen) atoms. The number of methoxy groups -OCH3 is 2. The Bertz CT molecular complexity index is 635. The van der Waals surface area contributed by atoms with Gasteiger partial charge in [0.05, 0.1) is 14.2 Å². The predicted molar refractivity (Wildman–Crippen MR) is 98.6 cm³/mol. The largest absolute Gasteiger partial charge is 0.493 e. The van der Waals surface area contributed by atoms with E-state index in [2.05, 4.69) is 19.2 Å². The molecule has 0 saturated carbocycles. The lowest BCUT2D eigenvalue weighted by molar-refractivity contribution is -0.112. The van der Waals surface area contributed by atoms with Gasteiger partial charge >= 0.3 is 0 Å². The van der Waals surface area contributed by atoms with Crippen LogP contribution in [0.25, 0.3) is 0 Å². The van der Waals surface area contributed by atoms with Crippen LogP contribution in [0.3, 0.4) is 0 Å². The Morgan fingerprint density at radius 1 is 1.20 bits per heavy atom. The van der Waals surface area contributed by atoms with Gasteiger partial charge in [-0.3, -0.25) is 4.79 Å². The summed E-state index contributed by atoms with van der Waals surface area (Å²) in [5, 5.41) is 12.1. The second-order valence-corrected chi connectivity index (χ2v) is 5.57. The van der Waals surface area contributed by atoms with Gasteiger partial charge in [-0.05, 0) is 25.0 Å². The van der Waals surface area contributed by atoms with E-state index in [4.69, 9.17) is 9.47 Å². The van der Waals surface area contributed by atoms with E-state index in [1.54, 1.807) is 31.5 Å². The summed E-state index contributed by atoms with van der Waals surface area (Å²) < 4.78 is 10.4. The summed E-state index contributed by atoms with van der Waals surface area (Å²) >= 11 is 0. The fourth-order valence-electron chi connectivity index (χ4n) is 2.32. The normalized spacial score (nSPS) is 10.8. The van der Waals surface area contributed by atoms with Crippen LogP contribution in [0.2, 0.25) is 0 Å². The van der Waals surface area contributed by atoms with E-state index >= 15 is 0 Å². The smallest absolute Gasteiger partial charge is 0.267 e. The van der Waals surface area contributed by atoms with E-state index in [-0.39, 0.29) is 5.57 Å². The highest BCUT2D eigenvalue weighted by molar-refractivity contribution is 6.06. The fraction of sp³-hybridized carbons (Fsp3) is 0.474. The second kappa shape index (κ2) is 11.0. The molecule has 0 spiro atoms. The number of hydrogen-bond acceptors (Lipinski definition) is 5. The zero-order chi connectivity index (χ0) is 18.7. The number of ether oxygens (including phenoxy) is 2. The number of nitriles is 1. The molecule has 0 saturated heterocycles. The SMILES string of the molecule is CCCCN(/C=C(/C#N)C(=O)Nc1ccc(OC)c(OC)c1)CCC. The third-order valence-corrected chi connectivity index (χ3v) is 3.63. The minimum Gasteiger partial charge on any atom is -0.493 e. The van der Waals surface area contributed by atoms with Crippen LogP contribution in [-0.2, 0) is 4.79 Å². The lowest BCUT2D eigenvalue weighted by Crippen LogP contribution is -2.23. The molecule has 0 unspecified atom stereocenters. The Balaban J connectivity index is 2.91. The van der Waals surface area contributed by atoms with Crippen molar-refractivity contribution in [2.24, 2.45) is 0 Å². The molecule has 0 heterocycles. The third-order valence-electron chi connectivity index (χ3n) is 3.63. The summed E-state index contributed by atoms with van der Waals surface area (Å²) in [7, 11) is 3.08. The van der Waals surface area contributed by atoms with Gasteiger partial charge in [0, 0.05) is 31.0 Å².